The van der Waals surface area contributed by atoms with Crippen LogP contribution in [0.3, 0.4) is 0 Å². The lowest BCUT2D eigenvalue weighted by Gasteiger charge is -2.11. The third kappa shape index (κ3) is 5.26. The Labute approximate surface area is 199 Å². The zero-order valence-electron chi connectivity index (χ0n) is 20.0. The molecule has 0 saturated carbocycles. The molecule has 34 heavy (non-hydrogen) atoms. The highest BCUT2D eigenvalue weighted by Gasteiger charge is 2.24. The van der Waals surface area contributed by atoms with Crippen molar-refractivity contribution in [2.45, 2.75) is 39.2 Å². The lowest BCUT2D eigenvalue weighted by molar-refractivity contribution is 0.135. The second-order valence-electron chi connectivity index (χ2n) is 8.77. The predicted molar refractivity (Wildman–Crippen MR) is 130 cm³/mol. The molecule has 0 unspecified atom stereocenters. The molecule has 1 aromatic heterocycles. The van der Waals surface area contributed by atoms with E-state index in [2.05, 4.69) is 32.3 Å². The molecule has 0 radical (unpaired) electrons. The molecular weight excluding hydrogens is 430 g/mol. The maximum atomic E-state index is 9.51. The van der Waals surface area contributed by atoms with Crippen LogP contribution in [0.2, 0.25) is 0 Å². The first kappa shape index (κ1) is 23.5. The van der Waals surface area contributed by atoms with Crippen LogP contribution in [0.5, 0.6) is 5.75 Å². The number of benzene rings is 2. The summed E-state index contributed by atoms with van der Waals surface area (Å²) in [6, 6.07) is 13.5. The van der Waals surface area contributed by atoms with Crippen LogP contribution >= 0.6 is 0 Å². The van der Waals surface area contributed by atoms with E-state index in [4.69, 9.17) is 14.1 Å². The number of fused-ring (bicyclic) bond motifs is 1. The Morgan fingerprint density at radius 3 is 2.76 bits per heavy atom. The first-order chi connectivity index (χ1) is 16.5. The quantitative estimate of drug-likeness (QED) is 0.338. The molecule has 0 amide bonds. The van der Waals surface area contributed by atoms with Crippen LogP contribution in [0, 0.1) is 11.3 Å². The van der Waals surface area contributed by atoms with E-state index in [1.54, 1.807) is 12.1 Å². The second-order valence-corrected chi connectivity index (χ2v) is 8.77. The van der Waals surface area contributed by atoms with E-state index in [-0.39, 0.29) is 6.10 Å². The molecule has 0 N–H and O–H groups in total. The average molecular weight is 460 g/mol. The highest BCUT2D eigenvalue weighted by Crippen LogP contribution is 2.33. The fraction of sp³-hybridized carbons (Fsp3) is 0.385. The van der Waals surface area contributed by atoms with Crippen molar-refractivity contribution < 1.29 is 14.1 Å². The van der Waals surface area contributed by atoms with Gasteiger partial charge in [0.25, 0.3) is 5.89 Å². The van der Waals surface area contributed by atoms with Crippen molar-refractivity contribution >= 4 is 5.71 Å². The summed E-state index contributed by atoms with van der Waals surface area (Å²) < 4.78 is 11.3. The smallest absolute Gasteiger partial charge is 0.258 e. The number of aromatic nitrogens is 2. The molecule has 2 aromatic carbocycles. The highest BCUT2D eigenvalue weighted by atomic mass is 16.6. The molecule has 0 aliphatic heterocycles. The summed E-state index contributed by atoms with van der Waals surface area (Å²) in [7, 11) is 4.09. The second kappa shape index (κ2) is 10.5. The molecule has 8 nitrogen and oxygen atoms in total. The van der Waals surface area contributed by atoms with E-state index in [1.165, 1.54) is 0 Å². The van der Waals surface area contributed by atoms with Gasteiger partial charge in [-0.25, -0.2) is 0 Å². The Kier molecular flexibility index (Phi) is 7.24. The maximum Gasteiger partial charge on any atom is 0.258 e. The molecule has 1 aliphatic carbocycles. The molecule has 3 aromatic rings. The molecule has 0 fully saturated rings. The summed E-state index contributed by atoms with van der Waals surface area (Å²) in [4.78, 5) is 12.3. The number of oxime groups is 1. The first-order valence-corrected chi connectivity index (χ1v) is 11.5. The average Bonchev–Trinajstić information content (AvgIpc) is 3.46. The van der Waals surface area contributed by atoms with Gasteiger partial charge in [-0.3, -0.25) is 0 Å². The molecule has 0 atom stereocenters. The van der Waals surface area contributed by atoms with Gasteiger partial charge in [-0.15, -0.1) is 0 Å². The first-order valence-electron chi connectivity index (χ1n) is 11.5. The van der Waals surface area contributed by atoms with Crippen LogP contribution in [0.1, 0.15) is 43.4 Å². The van der Waals surface area contributed by atoms with Gasteiger partial charge in [-0.1, -0.05) is 28.5 Å². The molecule has 0 saturated heterocycles. The summed E-state index contributed by atoms with van der Waals surface area (Å²) >= 11 is 0. The Morgan fingerprint density at radius 2 is 2.00 bits per heavy atom. The largest absolute Gasteiger partial charge is 0.490 e. The number of hydrogen-bond acceptors (Lipinski definition) is 8. The molecule has 0 bridgehead atoms. The van der Waals surface area contributed by atoms with Gasteiger partial charge in [0.1, 0.15) is 18.4 Å². The summed E-state index contributed by atoms with van der Waals surface area (Å²) in [5, 5.41) is 18.1. The Balaban J connectivity index is 1.54. The Morgan fingerprint density at radius 1 is 1.18 bits per heavy atom. The van der Waals surface area contributed by atoms with Crippen molar-refractivity contribution in [3.63, 3.8) is 0 Å². The normalized spacial score (nSPS) is 14.0. The van der Waals surface area contributed by atoms with Gasteiger partial charge in [0.2, 0.25) is 5.82 Å². The highest BCUT2D eigenvalue weighted by molar-refractivity contribution is 6.05. The van der Waals surface area contributed by atoms with E-state index in [0.717, 1.165) is 48.2 Å². The summed E-state index contributed by atoms with van der Waals surface area (Å²) in [6.07, 6.45) is 2.56. The van der Waals surface area contributed by atoms with Gasteiger partial charge in [0.05, 0.1) is 17.4 Å². The molecule has 1 heterocycles. The van der Waals surface area contributed by atoms with Crippen molar-refractivity contribution in [2.75, 3.05) is 27.2 Å². The third-order valence-corrected chi connectivity index (χ3v) is 5.49. The van der Waals surface area contributed by atoms with Gasteiger partial charge in [0.15, 0.2) is 0 Å². The minimum atomic E-state index is -0.0231. The van der Waals surface area contributed by atoms with Crippen LogP contribution in [0.15, 0.2) is 46.1 Å². The van der Waals surface area contributed by atoms with Crippen LogP contribution in [0.25, 0.3) is 22.8 Å². The van der Waals surface area contributed by atoms with E-state index in [0.29, 0.717) is 35.2 Å². The molecular formula is C26H29N5O3. The van der Waals surface area contributed by atoms with Crippen LogP contribution < -0.4 is 4.74 Å². The fourth-order valence-electron chi connectivity index (χ4n) is 3.94. The van der Waals surface area contributed by atoms with Gasteiger partial charge < -0.3 is 19.0 Å². The monoisotopic (exact) mass is 459 g/mol. The maximum absolute atomic E-state index is 9.51. The number of rotatable bonds is 9. The van der Waals surface area contributed by atoms with E-state index in [9.17, 15) is 5.26 Å². The number of ether oxygens (including phenoxy) is 1. The van der Waals surface area contributed by atoms with Crippen LogP contribution in [-0.4, -0.2) is 54.1 Å². The zero-order valence-corrected chi connectivity index (χ0v) is 20.0. The third-order valence-electron chi connectivity index (χ3n) is 5.49. The molecule has 8 heteroatoms. The molecule has 0 spiro atoms. The minimum Gasteiger partial charge on any atom is -0.490 e. The van der Waals surface area contributed by atoms with Crippen molar-refractivity contribution in [1.82, 2.24) is 15.0 Å². The van der Waals surface area contributed by atoms with Crippen molar-refractivity contribution in [3.05, 3.63) is 53.1 Å². The van der Waals surface area contributed by atoms with Gasteiger partial charge in [-0.05, 0) is 71.0 Å². The lowest BCUT2D eigenvalue weighted by atomic mass is 10.0. The number of hydrogen-bond donors (Lipinski definition) is 0. The molecule has 4 rings (SSSR count). The zero-order chi connectivity index (χ0) is 24.1. The predicted octanol–water partition coefficient (Wildman–Crippen LogP) is 4.68. The van der Waals surface area contributed by atoms with Crippen LogP contribution in [-0.2, 0) is 11.3 Å². The Bertz CT molecular complexity index is 1220. The van der Waals surface area contributed by atoms with Gasteiger partial charge in [0, 0.05) is 23.2 Å². The number of nitrogens with zero attached hydrogens (tertiary/aromatic N) is 5. The van der Waals surface area contributed by atoms with Crippen molar-refractivity contribution in [3.8, 4) is 34.7 Å². The summed E-state index contributed by atoms with van der Waals surface area (Å²) in [5.41, 5.74) is 5.18. The summed E-state index contributed by atoms with van der Waals surface area (Å²) in [5.74, 6) is 1.41. The number of nitriles is 1. The van der Waals surface area contributed by atoms with Crippen molar-refractivity contribution in [2.24, 2.45) is 5.16 Å². The van der Waals surface area contributed by atoms with E-state index >= 15 is 0 Å². The SMILES string of the molecule is CC(C)Oc1ccc(-c2nc(-c3cccc4c3CC/C4=N/OCCCN(C)C)no2)cc1C#N. The van der Waals surface area contributed by atoms with Crippen molar-refractivity contribution in [1.29, 1.82) is 5.26 Å². The summed E-state index contributed by atoms with van der Waals surface area (Å²) in [6.45, 7) is 5.40. The van der Waals surface area contributed by atoms with Crippen LogP contribution in [0.4, 0.5) is 0 Å². The van der Waals surface area contributed by atoms with Gasteiger partial charge in [-0.2, -0.15) is 10.2 Å². The minimum absolute atomic E-state index is 0.0231. The van der Waals surface area contributed by atoms with E-state index < -0.39 is 0 Å². The fourth-order valence-corrected chi connectivity index (χ4v) is 3.94. The van der Waals surface area contributed by atoms with Gasteiger partial charge >= 0.3 is 0 Å². The topological polar surface area (TPSA) is 96.8 Å². The lowest BCUT2D eigenvalue weighted by Crippen LogP contribution is -2.14. The Hall–Kier alpha value is -3.70. The standard InChI is InChI=1S/C26H29N5O3/c1-17(2)33-24-12-9-18(15-19(24)16-27)26-28-25(30-34-26)22-8-5-7-21-20(22)10-11-23(21)29-32-14-6-13-31(3)4/h5,7-9,12,15,17H,6,10-11,13-14H2,1-4H3/b29-23-. The molecule has 1 aliphatic rings. The molecule has 176 valence electrons. The van der Waals surface area contributed by atoms with E-state index in [1.807, 2.05) is 46.1 Å².